The molecule has 4 rings (SSSR count). The number of rotatable bonds is 6. The summed E-state index contributed by atoms with van der Waals surface area (Å²) in [5.74, 6) is -4.45. The summed E-state index contributed by atoms with van der Waals surface area (Å²) in [5.41, 5.74) is 8.39. The summed E-state index contributed by atoms with van der Waals surface area (Å²) in [4.78, 5) is 0. The predicted molar refractivity (Wildman–Crippen MR) is 127 cm³/mol. The monoisotopic (exact) mass is 507 g/mol. The number of halogens is 6. The molecule has 1 fully saturated rings. The van der Waals surface area contributed by atoms with E-state index in [1.165, 1.54) is 17.7 Å². The van der Waals surface area contributed by atoms with E-state index in [4.69, 9.17) is 5.73 Å². The van der Waals surface area contributed by atoms with Gasteiger partial charge in [-0.2, -0.15) is 0 Å². The molecule has 2 nitrogen and oxygen atoms in total. The van der Waals surface area contributed by atoms with Crippen molar-refractivity contribution in [3.8, 4) is 28.0 Å². The van der Waals surface area contributed by atoms with Crippen LogP contribution in [0.4, 0.5) is 26.3 Å². The van der Waals surface area contributed by atoms with Crippen LogP contribution in [-0.4, -0.2) is 12.4 Å². The second-order valence-corrected chi connectivity index (χ2v) is 9.32. The molecule has 36 heavy (non-hydrogen) atoms. The zero-order chi connectivity index (χ0) is 26.0. The molecule has 8 heteroatoms. The summed E-state index contributed by atoms with van der Waals surface area (Å²) in [6.07, 6.45) is 0.119. The molecule has 2 N–H and O–H groups in total. The van der Waals surface area contributed by atoms with Crippen molar-refractivity contribution in [1.82, 2.24) is 0 Å². The van der Waals surface area contributed by atoms with Gasteiger partial charge in [-0.1, -0.05) is 43.3 Å². The van der Waals surface area contributed by atoms with Gasteiger partial charge in [0.2, 0.25) is 5.75 Å². The Morgan fingerprint density at radius 1 is 0.806 bits per heavy atom. The minimum atomic E-state index is -5.26. The molecule has 1 saturated carbocycles. The summed E-state index contributed by atoms with van der Waals surface area (Å²) in [6, 6.07) is 13.6. The summed E-state index contributed by atoms with van der Waals surface area (Å²) in [6.45, 7) is 2.12. The van der Waals surface area contributed by atoms with Crippen LogP contribution in [-0.2, 0) is 0 Å². The lowest BCUT2D eigenvalue weighted by Gasteiger charge is -2.32. The van der Waals surface area contributed by atoms with E-state index in [2.05, 4.69) is 11.7 Å². The fraction of sp³-hybridized carbons (Fsp3) is 0.357. The van der Waals surface area contributed by atoms with Crippen molar-refractivity contribution in [1.29, 1.82) is 0 Å². The highest BCUT2D eigenvalue weighted by Gasteiger charge is 2.34. The van der Waals surface area contributed by atoms with E-state index in [1.54, 1.807) is 6.07 Å². The summed E-state index contributed by atoms with van der Waals surface area (Å²) >= 11 is 0. The third-order valence-corrected chi connectivity index (χ3v) is 7.06. The van der Waals surface area contributed by atoms with Crippen molar-refractivity contribution < 1.29 is 31.1 Å². The van der Waals surface area contributed by atoms with Crippen LogP contribution in [0.5, 0.6) is 5.75 Å². The molecule has 0 heterocycles. The van der Waals surface area contributed by atoms with Crippen LogP contribution in [0.15, 0.2) is 54.6 Å². The number of alkyl halides is 3. The lowest BCUT2D eigenvalue weighted by molar-refractivity contribution is -0.276. The molecule has 0 aliphatic heterocycles. The van der Waals surface area contributed by atoms with Gasteiger partial charge in [0.25, 0.3) is 0 Å². The number of nitrogens with two attached hydrogens (primary N) is 1. The van der Waals surface area contributed by atoms with Gasteiger partial charge in [0.1, 0.15) is 5.82 Å². The van der Waals surface area contributed by atoms with Gasteiger partial charge >= 0.3 is 6.36 Å². The van der Waals surface area contributed by atoms with Gasteiger partial charge in [-0.15, -0.1) is 13.2 Å². The molecule has 1 unspecified atom stereocenters. The molecule has 3 aromatic rings. The molecule has 192 valence electrons. The van der Waals surface area contributed by atoms with Gasteiger partial charge in [0.15, 0.2) is 11.6 Å². The van der Waals surface area contributed by atoms with Crippen LogP contribution in [0.25, 0.3) is 22.3 Å². The number of hydrogen-bond donors (Lipinski definition) is 1. The van der Waals surface area contributed by atoms with E-state index in [-0.39, 0.29) is 17.2 Å². The van der Waals surface area contributed by atoms with E-state index in [1.807, 2.05) is 24.3 Å². The standard InChI is InChI=1S/C28H27F6NO/c1-2-26(35)19-9-7-17(8-10-19)16-3-5-18(6-4-16)20-11-12-22(23(29)13-20)21-14-24(30)27(25(31)15-21)36-28(32,33)34/h3-6,11-15,17,19,26H,2,7-10,35H2,1H3. The average Bonchev–Trinajstić information content (AvgIpc) is 2.85. The molecule has 0 bridgehead atoms. The van der Waals surface area contributed by atoms with Crippen LogP contribution in [0.2, 0.25) is 0 Å². The van der Waals surface area contributed by atoms with E-state index in [0.717, 1.165) is 37.7 Å². The Balaban J connectivity index is 1.50. The normalized spacial score (nSPS) is 19.2. The Labute approximate surface area is 206 Å². The highest BCUT2D eigenvalue weighted by molar-refractivity contribution is 5.71. The van der Waals surface area contributed by atoms with Crippen molar-refractivity contribution in [2.45, 2.75) is 57.3 Å². The summed E-state index contributed by atoms with van der Waals surface area (Å²) in [7, 11) is 0. The zero-order valence-electron chi connectivity index (χ0n) is 19.7. The largest absolute Gasteiger partial charge is 0.573 e. The maximum Gasteiger partial charge on any atom is 0.573 e. The van der Waals surface area contributed by atoms with Gasteiger partial charge in [-0.05, 0) is 84.4 Å². The SMILES string of the molecule is CCC(N)C1CCC(c2ccc(-c3ccc(-c4cc(F)c(OC(F)(F)F)c(F)c4)c(F)c3)cc2)CC1. The Bertz CT molecular complexity index is 1180. The van der Waals surface area contributed by atoms with Gasteiger partial charge in [0.05, 0.1) is 0 Å². The lowest BCUT2D eigenvalue weighted by Crippen LogP contribution is -2.32. The van der Waals surface area contributed by atoms with E-state index in [9.17, 15) is 26.3 Å². The van der Waals surface area contributed by atoms with Gasteiger partial charge in [-0.3, -0.25) is 0 Å². The fourth-order valence-corrected chi connectivity index (χ4v) is 5.02. The minimum Gasteiger partial charge on any atom is -0.399 e. The quantitative estimate of drug-likeness (QED) is 0.340. The Morgan fingerprint density at radius 2 is 1.36 bits per heavy atom. The number of hydrogen-bond acceptors (Lipinski definition) is 2. The van der Waals surface area contributed by atoms with Crippen LogP contribution in [0.1, 0.15) is 50.5 Å². The Hall–Kier alpha value is -3.00. The van der Waals surface area contributed by atoms with Crippen molar-refractivity contribution in [2.24, 2.45) is 11.7 Å². The van der Waals surface area contributed by atoms with Crippen molar-refractivity contribution in [2.75, 3.05) is 0 Å². The van der Waals surface area contributed by atoms with Crippen LogP contribution < -0.4 is 10.5 Å². The molecule has 0 spiro atoms. The topological polar surface area (TPSA) is 35.2 Å². The van der Waals surface area contributed by atoms with Crippen LogP contribution in [0.3, 0.4) is 0 Å². The van der Waals surface area contributed by atoms with Crippen LogP contribution in [0, 0.1) is 23.4 Å². The first-order chi connectivity index (χ1) is 17.1. The minimum absolute atomic E-state index is 0.145. The van der Waals surface area contributed by atoms with Gasteiger partial charge in [-0.25, -0.2) is 13.2 Å². The first-order valence-corrected chi connectivity index (χ1v) is 12.0. The molecular weight excluding hydrogens is 480 g/mol. The number of benzene rings is 3. The highest BCUT2D eigenvalue weighted by Crippen LogP contribution is 2.38. The highest BCUT2D eigenvalue weighted by atomic mass is 19.4. The van der Waals surface area contributed by atoms with Crippen molar-refractivity contribution in [3.05, 3.63) is 77.6 Å². The van der Waals surface area contributed by atoms with Gasteiger partial charge in [0, 0.05) is 11.6 Å². The molecule has 0 saturated heterocycles. The molecule has 0 aromatic heterocycles. The van der Waals surface area contributed by atoms with E-state index in [0.29, 0.717) is 29.5 Å². The summed E-state index contributed by atoms with van der Waals surface area (Å²) in [5, 5.41) is 0. The fourth-order valence-electron chi connectivity index (χ4n) is 5.02. The molecule has 1 aliphatic carbocycles. The maximum atomic E-state index is 14.9. The van der Waals surface area contributed by atoms with E-state index >= 15 is 0 Å². The van der Waals surface area contributed by atoms with Crippen molar-refractivity contribution in [3.63, 3.8) is 0 Å². The first kappa shape index (κ1) is 26.1. The average molecular weight is 508 g/mol. The smallest absolute Gasteiger partial charge is 0.399 e. The summed E-state index contributed by atoms with van der Waals surface area (Å²) < 4.78 is 83.5. The molecule has 0 radical (unpaired) electrons. The molecule has 3 aromatic carbocycles. The lowest BCUT2D eigenvalue weighted by atomic mass is 9.75. The molecule has 0 amide bonds. The van der Waals surface area contributed by atoms with Crippen molar-refractivity contribution >= 4 is 0 Å². The van der Waals surface area contributed by atoms with Crippen LogP contribution >= 0.6 is 0 Å². The third-order valence-electron chi connectivity index (χ3n) is 7.06. The molecular formula is C28H27F6NO. The third kappa shape index (κ3) is 5.86. The number of ether oxygens (including phenoxy) is 1. The second kappa shape index (κ2) is 10.5. The molecule has 1 atom stereocenters. The molecule has 1 aliphatic rings. The van der Waals surface area contributed by atoms with E-state index < -0.39 is 29.6 Å². The maximum absolute atomic E-state index is 14.9. The Kier molecular flexibility index (Phi) is 7.64. The zero-order valence-corrected chi connectivity index (χ0v) is 19.7. The second-order valence-electron chi connectivity index (χ2n) is 9.32. The van der Waals surface area contributed by atoms with Gasteiger partial charge < -0.3 is 10.5 Å². The Morgan fingerprint density at radius 3 is 1.89 bits per heavy atom. The predicted octanol–water partition coefficient (Wildman–Crippen LogP) is 8.35. The first-order valence-electron chi connectivity index (χ1n) is 12.0.